The zero-order chi connectivity index (χ0) is 11.5. The lowest BCUT2D eigenvalue weighted by molar-refractivity contribution is -0.130. The summed E-state index contributed by atoms with van der Waals surface area (Å²) in [6.45, 7) is 3.88. The van der Waals surface area contributed by atoms with Crippen LogP contribution in [0.5, 0.6) is 0 Å². The number of nitrogens with zero attached hydrogens (tertiary/aromatic N) is 3. The molecule has 6 nitrogen and oxygen atoms in total. The molecule has 86 valence electrons. The van der Waals surface area contributed by atoms with Crippen molar-refractivity contribution in [2.45, 2.75) is 6.92 Å². The molecule has 0 aliphatic carbocycles. The minimum atomic E-state index is -0.104. The number of piperazine rings is 1. The van der Waals surface area contributed by atoms with Crippen molar-refractivity contribution in [3.63, 3.8) is 0 Å². The number of aromatic nitrogens is 2. The Morgan fingerprint density at radius 1 is 1.25 bits per heavy atom. The Kier molecular flexibility index (Phi) is 2.89. The molecular weight excluding hydrogens is 208 g/mol. The third-order valence-corrected chi connectivity index (χ3v) is 2.71. The highest BCUT2D eigenvalue weighted by Crippen LogP contribution is 2.05. The largest absolute Gasteiger partial charge is 0.341 e. The van der Waals surface area contributed by atoms with E-state index in [0.29, 0.717) is 32.0 Å². The summed E-state index contributed by atoms with van der Waals surface area (Å²) in [5.41, 5.74) is 0. The van der Waals surface area contributed by atoms with Crippen molar-refractivity contribution < 1.29 is 9.59 Å². The summed E-state index contributed by atoms with van der Waals surface area (Å²) in [6.07, 6.45) is 3.18. The third-order valence-electron chi connectivity index (χ3n) is 2.71. The maximum absolute atomic E-state index is 11.9. The molecule has 0 bridgehead atoms. The van der Waals surface area contributed by atoms with Gasteiger partial charge in [0.2, 0.25) is 5.91 Å². The van der Waals surface area contributed by atoms with Crippen LogP contribution in [0.2, 0.25) is 0 Å². The van der Waals surface area contributed by atoms with Gasteiger partial charge in [0.25, 0.3) is 5.91 Å². The molecule has 2 heterocycles. The fraction of sp³-hybridized carbons (Fsp3) is 0.500. The number of hydrogen-bond donors (Lipinski definition) is 1. The average Bonchev–Trinajstić information content (AvgIpc) is 2.81. The standard InChI is InChI=1S/C10H14N4O2/c1-8(15)13-4-6-14(7-5-13)10(16)9-11-2-3-12-9/h2-3H,4-7H2,1H3,(H,11,12). The Hall–Kier alpha value is -1.85. The van der Waals surface area contributed by atoms with Crippen molar-refractivity contribution in [1.29, 1.82) is 0 Å². The van der Waals surface area contributed by atoms with Crippen LogP contribution in [0.3, 0.4) is 0 Å². The van der Waals surface area contributed by atoms with E-state index >= 15 is 0 Å². The van der Waals surface area contributed by atoms with E-state index in [1.807, 2.05) is 0 Å². The van der Waals surface area contributed by atoms with Gasteiger partial charge in [-0.25, -0.2) is 4.98 Å². The quantitative estimate of drug-likeness (QED) is 0.710. The fourth-order valence-electron chi connectivity index (χ4n) is 1.76. The summed E-state index contributed by atoms with van der Waals surface area (Å²) in [4.78, 5) is 33.1. The van der Waals surface area contributed by atoms with E-state index in [1.54, 1.807) is 29.1 Å². The normalized spacial score (nSPS) is 16.3. The van der Waals surface area contributed by atoms with Gasteiger partial charge in [-0.3, -0.25) is 9.59 Å². The number of amides is 2. The van der Waals surface area contributed by atoms with Crippen molar-refractivity contribution in [2.75, 3.05) is 26.2 Å². The second-order valence-corrected chi connectivity index (χ2v) is 3.74. The molecule has 0 aromatic carbocycles. The molecule has 0 spiro atoms. The smallest absolute Gasteiger partial charge is 0.289 e. The molecule has 0 saturated carbocycles. The number of nitrogens with one attached hydrogen (secondary N) is 1. The molecule has 1 aliphatic rings. The predicted molar refractivity (Wildman–Crippen MR) is 56.7 cm³/mol. The van der Waals surface area contributed by atoms with Crippen LogP contribution in [0.25, 0.3) is 0 Å². The molecule has 1 fully saturated rings. The van der Waals surface area contributed by atoms with E-state index in [1.165, 1.54) is 0 Å². The highest BCUT2D eigenvalue weighted by molar-refractivity contribution is 5.90. The maximum atomic E-state index is 11.9. The number of carbonyl (C=O) groups is 2. The minimum absolute atomic E-state index is 0.0603. The molecule has 6 heteroatoms. The van der Waals surface area contributed by atoms with Gasteiger partial charge >= 0.3 is 0 Å². The number of hydrogen-bond acceptors (Lipinski definition) is 3. The Morgan fingerprint density at radius 3 is 2.38 bits per heavy atom. The van der Waals surface area contributed by atoms with Crippen LogP contribution in [0.15, 0.2) is 12.4 Å². The molecule has 16 heavy (non-hydrogen) atoms. The number of imidazole rings is 1. The Labute approximate surface area is 93.3 Å². The van der Waals surface area contributed by atoms with Crippen LogP contribution in [-0.2, 0) is 4.79 Å². The number of rotatable bonds is 1. The van der Waals surface area contributed by atoms with Crippen LogP contribution >= 0.6 is 0 Å². The molecule has 1 aromatic heterocycles. The molecule has 1 aliphatic heterocycles. The summed E-state index contributed by atoms with van der Waals surface area (Å²) in [6, 6.07) is 0. The Balaban J connectivity index is 1.94. The highest BCUT2D eigenvalue weighted by Gasteiger charge is 2.24. The zero-order valence-electron chi connectivity index (χ0n) is 9.14. The fourth-order valence-corrected chi connectivity index (χ4v) is 1.76. The molecule has 1 N–H and O–H groups in total. The molecule has 1 aromatic rings. The molecular formula is C10H14N4O2. The van der Waals surface area contributed by atoms with Crippen LogP contribution in [0, 0.1) is 0 Å². The summed E-state index contributed by atoms with van der Waals surface area (Å²) in [5, 5.41) is 0. The second-order valence-electron chi connectivity index (χ2n) is 3.74. The van der Waals surface area contributed by atoms with Crippen molar-refractivity contribution in [1.82, 2.24) is 19.8 Å². The first-order valence-corrected chi connectivity index (χ1v) is 5.22. The van der Waals surface area contributed by atoms with E-state index in [2.05, 4.69) is 9.97 Å². The Bertz CT molecular complexity index is 380. The monoisotopic (exact) mass is 222 g/mol. The first-order valence-electron chi connectivity index (χ1n) is 5.22. The lowest BCUT2D eigenvalue weighted by Crippen LogP contribution is -2.50. The number of aromatic amines is 1. The Morgan fingerprint density at radius 2 is 1.88 bits per heavy atom. The molecule has 0 unspecified atom stereocenters. The van der Waals surface area contributed by atoms with E-state index in [9.17, 15) is 9.59 Å². The van der Waals surface area contributed by atoms with Gasteiger partial charge in [-0.15, -0.1) is 0 Å². The van der Waals surface area contributed by atoms with Crippen molar-refractivity contribution >= 4 is 11.8 Å². The maximum Gasteiger partial charge on any atom is 0.289 e. The van der Waals surface area contributed by atoms with Gasteiger partial charge in [0, 0.05) is 45.5 Å². The van der Waals surface area contributed by atoms with Gasteiger partial charge in [-0.05, 0) is 0 Å². The number of H-pyrrole nitrogens is 1. The first-order chi connectivity index (χ1) is 7.68. The summed E-state index contributed by atoms with van der Waals surface area (Å²) < 4.78 is 0. The van der Waals surface area contributed by atoms with E-state index in [4.69, 9.17) is 0 Å². The van der Waals surface area contributed by atoms with Gasteiger partial charge in [0.15, 0.2) is 5.82 Å². The second kappa shape index (κ2) is 4.34. The summed E-state index contributed by atoms with van der Waals surface area (Å²) >= 11 is 0. The third kappa shape index (κ3) is 2.05. The summed E-state index contributed by atoms with van der Waals surface area (Å²) in [5.74, 6) is 0.314. The average molecular weight is 222 g/mol. The lowest BCUT2D eigenvalue weighted by Gasteiger charge is -2.33. The molecule has 0 atom stereocenters. The van der Waals surface area contributed by atoms with Gasteiger partial charge < -0.3 is 14.8 Å². The predicted octanol–water partition coefficient (Wildman–Crippen LogP) is -0.286. The molecule has 1 saturated heterocycles. The van der Waals surface area contributed by atoms with Crippen LogP contribution in [0.1, 0.15) is 17.5 Å². The topological polar surface area (TPSA) is 69.3 Å². The lowest BCUT2D eigenvalue weighted by atomic mass is 10.3. The zero-order valence-corrected chi connectivity index (χ0v) is 9.14. The van der Waals surface area contributed by atoms with E-state index in [-0.39, 0.29) is 11.8 Å². The van der Waals surface area contributed by atoms with Gasteiger partial charge in [-0.2, -0.15) is 0 Å². The van der Waals surface area contributed by atoms with Gasteiger partial charge in [-0.1, -0.05) is 0 Å². The van der Waals surface area contributed by atoms with Crippen LogP contribution in [-0.4, -0.2) is 57.8 Å². The molecule has 2 rings (SSSR count). The number of carbonyl (C=O) groups excluding carboxylic acids is 2. The van der Waals surface area contributed by atoms with Crippen LogP contribution in [0.4, 0.5) is 0 Å². The van der Waals surface area contributed by atoms with Gasteiger partial charge in [0.1, 0.15) is 0 Å². The SMILES string of the molecule is CC(=O)N1CCN(C(=O)c2ncc[nH]2)CC1. The molecule has 0 radical (unpaired) electrons. The molecule has 2 amide bonds. The van der Waals surface area contributed by atoms with E-state index < -0.39 is 0 Å². The highest BCUT2D eigenvalue weighted by atomic mass is 16.2. The first kappa shape index (κ1) is 10.7. The van der Waals surface area contributed by atoms with Crippen molar-refractivity contribution in [2.24, 2.45) is 0 Å². The summed E-state index contributed by atoms with van der Waals surface area (Å²) in [7, 11) is 0. The van der Waals surface area contributed by atoms with E-state index in [0.717, 1.165) is 0 Å². The minimum Gasteiger partial charge on any atom is -0.341 e. The van der Waals surface area contributed by atoms with Crippen LogP contribution < -0.4 is 0 Å². The van der Waals surface area contributed by atoms with Gasteiger partial charge in [0.05, 0.1) is 0 Å². The van der Waals surface area contributed by atoms with Crippen molar-refractivity contribution in [3.8, 4) is 0 Å². The van der Waals surface area contributed by atoms with Crippen molar-refractivity contribution in [3.05, 3.63) is 18.2 Å².